The molecular weight excluding hydrogens is 242 g/mol. The Morgan fingerprint density at radius 2 is 2.16 bits per heavy atom. The molecule has 5 heteroatoms. The molecule has 2 fully saturated rings. The third kappa shape index (κ3) is 2.81. The summed E-state index contributed by atoms with van der Waals surface area (Å²) < 4.78 is 2.10. The van der Waals surface area contributed by atoms with Crippen molar-refractivity contribution in [2.45, 2.75) is 44.7 Å². The molecule has 0 bridgehead atoms. The Kier molecular flexibility index (Phi) is 3.55. The van der Waals surface area contributed by atoms with Gasteiger partial charge < -0.3 is 5.11 Å². The van der Waals surface area contributed by atoms with Crippen molar-refractivity contribution in [3.63, 3.8) is 0 Å². The minimum Gasteiger partial charge on any atom is -0.481 e. The van der Waals surface area contributed by atoms with Crippen LogP contribution in [-0.2, 0) is 11.3 Å². The molecule has 19 heavy (non-hydrogen) atoms. The van der Waals surface area contributed by atoms with Crippen LogP contribution >= 0.6 is 0 Å². The van der Waals surface area contributed by atoms with E-state index in [1.807, 2.05) is 0 Å². The highest BCUT2D eigenvalue weighted by atomic mass is 16.4. The van der Waals surface area contributed by atoms with E-state index >= 15 is 0 Å². The molecular formula is C14H21N3O2. The molecule has 0 radical (unpaired) electrons. The minimum absolute atomic E-state index is 0.197. The summed E-state index contributed by atoms with van der Waals surface area (Å²) in [6.45, 7) is 2.31. The summed E-state index contributed by atoms with van der Waals surface area (Å²) in [5, 5.41) is 13.7. The molecule has 0 aromatic carbocycles. The van der Waals surface area contributed by atoms with E-state index in [4.69, 9.17) is 5.11 Å². The number of nitrogens with zero attached hydrogens (tertiary/aromatic N) is 3. The lowest BCUT2D eigenvalue weighted by Crippen LogP contribution is -2.23. The van der Waals surface area contributed by atoms with Crippen LogP contribution in [0.25, 0.3) is 0 Å². The van der Waals surface area contributed by atoms with E-state index in [1.54, 1.807) is 0 Å². The Hall–Kier alpha value is -1.36. The lowest BCUT2D eigenvalue weighted by atomic mass is 10.1. The third-order valence-electron chi connectivity index (χ3n) is 4.37. The number of aliphatic carboxylic acids is 1. The van der Waals surface area contributed by atoms with Gasteiger partial charge in [0.25, 0.3) is 0 Å². The highest BCUT2D eigenvalue weighted by Gasteiger charge is 2.28. The van der Waals surface area contributed by atoms with E-state index in [0.29, 0.717) is 12.6 Å². The lowest BCUT2D eigenvalue weighted by Gasteiger charge is -2.13. The van der Waals surface area contributed by atoms with Crippen molar-refractivity contribution in [1.82, 2.24) is 14.7 Å². The molecule has 1 aromatic rings. The van der Waals surface area contributed by atoms with E-state index in [1.165, 1.54) is 25.7 Å². The van der Waals surface area contributed by atoms with Crippen LogP contribution in [0.5, 0.6) is 0 Å². The van der Waals surface area contributed by atoms with Crippen LogP contribution in [0, 0.1) is 5.92 Å². The van der Waals surface area contributed by atoms with Crippen molar-refractivity contribution in [2.75, 3.05) is 13.1 Å². The Morgan fingerprint density at radius 1 is 1.37 bits per heavy atom. The van der Waals surface area contributed by atoms with Crippen LogP contribution in [0.4, 0.5) is 0 Å². The van der Waals surface area contributed by atoms with E-state index in [9.17, 15) is 4.79 Å². The fourth-order valence-corrected chi connectivity index (χ4v) is 3.24. The van der Waals surface area contributed by atoms with Crippen LogP contribution in [0.2, 0.25) is 0 Å². The number of aromatic nitrogens is 2. The van der Waals surface area contributed by atoms with Crippen molar-refractivity contribution in [1.29, 1.82) is 0 Å². The molecule has 1 atom stereocenters. The largest absolute Gasteiger partial charge is 0.481 e. The summed E-state index contributed by atoms with van der Waals surface area (Å²) in [4.78, 5) is 13.1. The summed E-state index contributed by atoms with van der Waals surface area (Å²) >= 11 is 0. The minimum atomic E-state index is -0.668. The van der Waals surface area contributed by atoms with Gasteiger partial charge >= 0.3 is 5.97 Å². The van der Waals surface area contributed by atoms with Crippen molar-refractivity contribution >= 4 is 5.97 Å². The highest BCUT2D eigenvalue weighted by molar-refractivity contribution is 5.70. The van der Waals surface area contributed by atoms with Crippen LogP contribution < -0.4 is 0 Å². The first kappa shape index (κ1) is 12.7. The van der Waals surface area contributed by atoms with Gasteiger partial charge in [0.05, 0.1) is 17.7 Å². The summed E-state index contributed by atoms with van der Waals surface area (Å²) in [7, 11) is 0. The molecule has 1 saturated heterocycles. The lowest BCUT2D eigenvalue weighted by molar-refractivity contribution is -0.141. The maximum absolute atomic E-state index is 10.9. The molecule has 1 aromatic heterocycles. The average molecular weight is 263 g/mol. The zero-order valence-electron chi connectivity index (χ0n) is 11.2. The molecule has 5 nitrogen and oxygen atoms in total. The van der Waals surface area contributed by atoms with Crippen LogP contribution in [0.15, 0.2) is 12.3 Å². The quantitative estimate of drug-likeness (QED) is 0.901. The monoisotopic (exact) mass is 263 g/mol. The molecule has 3 rings (SSSR count). The molecule has 2 heterocycles. The van der Waals surface area contributed by atoms with E-state index < -0.39 is 5.97 Å². The number of hydrogen-bond donors (Lipinski definition) is 1. The SMILES string of the molecule is O=C(O)C1CCN(Cc2ccn(C3CCCC3)n2)C1. The van der Waals surface area contributed by atoms with Gasteiger partial charge in [-0.1, -0.05) is 12.8 Å². The van der Waals surface area contributed by atoms with Gasteiger partial charge in [-0.05, 0) is 31.9 Å². The first-order valence-electron chi connectivity index (χ1n) is 7.21. The fourth-order valence-electron chi connectivity index (χ4n) is 3.24. The predicted octanol–water partition coefficient (Wildman–Crippen LogP) is 1.90. The van der Waals surface area contributed by atoms with Gasteiger partial charge in [0.1, 0.15) is 0 Å². The van der Waals surface area contributed by atoms with Crippen molar-refractivity contribution in [3.05, 3.63) is 18.0 Å². The number of carboxylic acids is 1. The number of carboxylic acid groups (broad SMARTS) is 1. The Balaban J connectivity index is 1.57. The van der Waals surface area contributed by atoms with Gasteiger partial charge in [-0.3, -0.25) is 14.4 Å². The zero-order valence-corrected chi connectivity index (χ0v) is 11.2. The standard InChI is InChI=1S/C14H21N3O2/c18-14(19)11-5-7-16(9-11)10-12-6-8-17(15-12)13-3-1-2-4-13/h6,8,11,13H,1-5,7,9-10H2,(H,18,19). The molecule has 1 N–H and O–H groups in total. The predicted molar refractivity (Wildman–Crippen MR) is 70.8 cm³/mol. The first-order valence-corrected chi connectivity index (χ1v) is 7.21. The zero-order chi connectivity index (χ0) is 13.2. The smallest absolute Gasteiger partial charge is 0.307 e. The first-order chi connectivity index (χ1) is 9.22. The number of rotatable bonds is 4. The fraction of sp³-hybridized carbons (Fsp3) is 0.714. The van der Waals surface area contributed by atoms with E-state index in [2.05, 4.69) is 26.9 Å². The van der Waals surface area contributed by atoms with Crippen molar-refractivity contribution in [3.8, 4) is 0 Å². The molecule has 1 unspecified atom stereocenters. The van der Waals surface area contributed by atoms with Gasteiger partial charge in [-0.25, -0.2) is 0 Å². The van der Waals surface area contributed by atoms with E-state index in [-0.39, 0.29) is 5.92 Å². The molecule has 1 aliphatic carbocycles. The second-order valence-electron chi connectivity index (χ2n) is 5.78. The van der Waals surface area contributed by atoms with Crippen molar-refractivity contribution < 1.29 is 9.90 Å². The van der Waals surface area contributed by atoms with Crippen molar-refractivity contribution in [2.24, 2.45) is 5.92 Å². The topological polar surface area (TPSA) is 58.4 Å². The Labute approximate surface area is 113 Å². The second-order valence-corrected chi connectivity index (χ2v) is 5.78. The van der Waals surface area contributed by atoms with Crippen LogP contribution in [0.3, 0.4) is 0 Å². The number of carbonyl (C=O) groups is 1. The molecule has 1 saturated carbocycles. The Bertz CT molecular complexity index is 451. The molecule has 0 amide bonds. The summed E-state index contributed by atoms with van der Waals surface area (Å²) in [5.74, 6) is -0.865. The van der Waals surface area contributed by atoms with Gasteiger partial charge in [0, 0.05) is 19.3 Å². The second kappa shape index (κ2) is 5.33. The normalized spacial score (nSPS) is 25.2. The maximum Gasteiger partial charge on any atom is 0.307 e. The van der Waals surface area contributed by atoms with Crippen LogP contribution in [0.1, 0.15) is 43.8 Å². The van der Waals surface area contributed by atoms with Gasteiger partial charge in [0.2, 0.25) is 0 Å². The molecule has 0 spiro atoms. The highest BCUT2D eigenvalue weighted by Crippen LogP contribution is 2.29. The maximum atomic E-state index is 10.9. The number of hydrogen-bond acceptors (Lipinski definition) is 3. The molecule has 104 valence electrons. The molecule has 2 aliphatic rings. The third-order valence-corrected chi connectivity index (χ3v) is 4.37. The summed E-state index contributed by atoms with van der Waals surface area (Å²) in [6, 6.07) is 2.66. The Morgan fingerprint density at radius 3 is 2.84 bits per heavy atom. The van der Waals surface area contributed by atoms with E-state index in [0.717, 1.165) is 25.2 Å². The van der Waals surface area contributed by atoms with Gasteiger partial charge in [-0.2, -0.15) is 5.10 Å². The average Bonchev–Trinajstić information content (AvgIpc) is 3.09. The summed E-state index contributed by atoms with van der Waals surface area (Å²) in [6.07, 6.45) is 7.95. The van der Waals surface area contributed by atoms with Gasteiger partial charge in [0.15, 0.2) is 0 Å². The summed E-state index contributed by atoms with van der Waals surface area (Å²) in [5.41, 5.74) is 1.07. The van der Waals surface area contributed by atoms with Gasteiger partial charge in [-0.15, -0.1) is 0 Å². The molecule has 1 aliphatic heterocycles. The number of likely N-dealkylation sites (tertiary alicyclic amines) is 1. The van der Waals surface area contributed by atoms with Crippen LogP contribution in [-0.4, -0.2) is 38.8 Å².